The Labute approximate surface area is 152 Å². The van der Waals surface area contributed by atoms with E-state index in [1.54, 1.807) is 0 Å². The monoisotopic (exact) mass is 369 g/mol. The van der Waals surface area contributed by atoms with E-state index in [2.05, 4.69) is 16.1 Å². The second-order valence-corrected chi connectivity index (χ2v) is 8.39. The summed E-state index contributed by atoms with van der Waals surface area (Å²) < 4.78 is 22.5. The van der Waals surface area contributed by atoms with Crippen LogP contribution in [0.3, 0.4) is 0 Å². The van der Waals surface area contributed by atoms with Gasteiger partial charge in [-0.15, -0.1) is 0 Å². The van der Waals surface area contributed by atoms with Crippen molar-refractivity contribution in [1.29, 1.82) is 0 Å². The molecule has 1 N–H and O–H groups in total. The first-order chi connectivity index (χ1) is 12.0. The van der Waals surface area contributed by atoms with Crippen molar-refractivity contribution in [2.24, 2.45) is 17.8 Å². The molecule has 3 rings (SSSR count). The maximum atomic E-state index is 12.2. The average Bonchev–Trinajstić information content (AvgIpc) is 2.62. The maximum Gasteiger partial charge on any atom is 0.208 e. The first-order valence-electron chi connectivity index (χ1n) is 9.56. The van der Waals surface area contributed by atoms with Crippen LogP contribution in [0.2, 0.25) is 0 Å². The topological polar surface area (TPSA) is 83.9 Å². The van der Waals surface area contributed by atoms with Gasteiger partial charge >= 0.3 is 0 Å². The molecule has 0 radical (unpaired) electrons. The van der Waals surface area contributed by atoms with E-state index >= 15 is 0 Å². The number of hydrazine groups is 1. The number of β-amino-alcohol motifs (C(OH)–C–C–N with tert-alkyl or cyclic N) is 1. The number of nitrogens with zero attached hydrogens (tertiary/aromatic N) is 2. The summed E-state index contributed by atoms with van der Waals surface area (Å²) in [6.07, 6.45) is 8.38. The first kappa shape index (κ1) is 19.0. The summed E-state index contributed by atoms with van der Waals surface area (Å²) >= 11 is -2.64. The van der Waals surface area contributed by atoms with Crippen LogP contribution >= 0.6 is 0 Å². The quantitative estimate of drug-likeness (QED) is 0.761. The maximum absolute atomic E-state index is 12.2. The lowest BCUT2D eigenvalue weighted by Gasteiger charge is -2.51. The zero-order valence-electron chi connectivity index (χ0n) is 14.9. The molecule has 6 nitrogen and oxygen atoms in total. The molecule has 0 bridgehead atoms. The number of aliphatic hydroxyl groups is 1. The van der Waals surface area contributed by atoms with Crippen molar-refractivity contribution in [3.05, 3.63) is 11.8 Å². The number of carbonyl (C=O) groups is 1. The third-order valence-corrected chi connectivity index (χ3v) is 6.71. The molecule has 5 atom stereocenters. The largest absolute Gasteiger partial charge is 0.766 e. The van der Waals surface area contributed by atoms with Gasteiger partial charge in [0.15, 0.2) is 0 Å². The zero-order valence-corrected chi connectivity index (χ0v) is 15.7. The van der Waals surface area contributed by atoms with Gasteiger partial charge in [-0.25, -0.2) is 5.01 Å². The van der Waals surface area contributed by atoms with Crippen LogP contribution in [0.5, 0.6) is 0 Å². The lowest BCUT2D eigenvalue weighted by Crippen LogP contribution is -2.54. The van der Waals surface area contributed by atoms with Gasteiger partial charge in [-0.1, -0.05) is 13.0 Å². The van der Waals surface area contributed by atoms with Crippen LogP contribution in [0.1, 0.15) is 51.9 Å². The first-order valence-corrected chi connectivity index (χ1v) is 10.6. The van der Waals surface area contributed by atoms with Gasteiger partial charge in [0, 0.05) is 48.2 Å². The summed E-state index contributed by atoms with van der Waals surface area (Å²) in [5.41, 5.74) is 1.25. The molecular weight excluding hydrogens is 340 g/mol. The zero-order chi connectivity index (χ0) is 18.0. The highest BCUT2D eigenvalue weighted by Crippen LogP contribution is 2.44. The average molecular weight is 370 g/mol. The van der Waals surface area contributed by atoms with Crippen LogP contribution in [-0.4, -0.2) is 54.7 Å². The molecule has 3 aliphatic rings. The van der Waals surface area contributed by atoms with E-state index in [1.807, 2.05) is 6.92 Å². The predicted octanol–water partition coefficient (Wildman–Crippen LogP) is 1.80. The van der Waals surface area contributed by atoms with Crippen molar-refractivity contribution in [2.75, 3.05) is 19.6 Å². The van der Waals surface area contributed by atoms with E-state index in [9.17, 15) is 18.7 Å². The van der Waals surface area contributed by atoms with Crippen LogP contribution in [0.15, 0.2) is 11.8 Å². The Morgan fingerprint density at radius 2 is 2.16 bits per heavy atom. The van der Waals surface area contributed by atoms with Gasteiger partial charge in [-0.05, 0) is 50.9 Å². The van der Waals surface area contributed by atoms with Gasteiger partial charge in [-0.2, -0.15) is 0 Å². The Hall–Kier alpha value is -0.760. The molecular formula is C18H29N2O4S-. The highest BCUT2D eigenvalue weighted by Gasteiger charge is 2.42. The molecule has 25 heavy (non-hydrogen) atoms. The van der Waals surface area contributed by atoms with Crippen molar-refractivity contribution in [3.63, 3.8) is 0 Å². The van der Waals surface area contributed by atoms with Crippen molar-refractivity contribution in [1.82, 2.24) is 10.0 Å². The summed E-state index contributed by atoms with van der Waals surface area (Å²) in [6, 6.07) is 0. The minimum Gasteiger partial charge on any atom is -0.766 e. The van der Waals surface area contributed by atoms with E-state index in [1.165, 1.54) is 5.70 Å². The fourth-order valence-electron chi connectivity index (χ4n) is 4.93. The minimum atomic E-state index is -2.64. The van der Waals surface area contributed by atoms with Crippen LogP contribution < -0.4 is 0 Å². The Bertz CT molecular complexity index is 553. The summed E-state index contributed by atoms with van der Waals surface area (Å²) in [4.78, 5) is 12.2. The molecule has 0 aromatic carbocycles. The van der Waals surface area contributed by atoms with Crippen molar-refractivity contribution >= 4 is 16.2 Å². The summed E-state index contributed by atoms with van der Waals surface area (Å²) in [7, 11) is 0. The number of rotatable bonds is 4. The molecule has 142 valence electrons. The van der Waals surface area contributed by atoms with E-state index in [4.69, 9.17) is 0 Å². The van der Waals surface area contributed by atoms with Crippen LogP contribution in [0, 0.1) is 17.8 Å². The molecule has 0 saturated carbocycles. The highest BCUT2D eigenvalue weighted by molar-refractivity contribution is 7.95. The van der Waals surface area contributed by atoms with E-state index in [0.717, 1.165) is 51.6 Å². The Morgan fingerprint density at radius 1 is 1.36 bits per heavy atom. The van der Waals surface area contributed by atoms with Crippen molar-refractivity contribution in [3.8, 4) is 0 Å². The molecule has 0 aromatic rings. The van der Waals surface area contributed by atoms with E-state index < -0.39 is 22.1 Å². The summed E-state index contributed by atoms with van der Waals surface area (Å²) in [5.74, 6) is -0.0501. The van der Waals surface area contributed by atoms with Gasteiger partial charge in [-0.3, -0.25) is 9.00 Å². The SMILES string of the molecule is CCC(C(=O)S(=O)[O-])C1CCN(N2CCC[C@@H](O)C2)C2=CCCCC21. The van der Waals surface area contributed by atoms with Gasteiger partial charge in [0.25, 0.3) is 0 Å². The summed E-state index contributed by atoms with van der Waals surface area (Å²) in [6.45, 7) is 4.33. The molecule has 7 heteroatoms. The second kappa shape index (κ2) is 8.29. The minimum absolute atomic E-state index is 0.105. The highest BCUT2D eigenvalue weighted by atomic mass is 32.2. The Kier molecular flexibility index (Phi) is 6.30. The lowest BCUT2D eigenvalue weighted by atomic mass is 9.71. The van der Waals surface area contributed by atoms with E-state index in [-0.39, 0.29) is 17.9 Å². The number of hydrogen-bond donors (Lipinski definition) is 1. The molecule has 0 spiro atoms. The van der Waals surface area contributed by atoms with Gasteiger partial charge in [0.2, 0.25) is 5.12 Å². The number of allylic oxidation sites excluding steroid dienone is 2. The van der Waals surface area contributed by atoms with Crippen LogP contribution in [0.25, 0.3) is 0 Å². The fraction of sp³-hybridized carbons (Fsp3) is 0.833. The second-order valence-electron chi connectivity index (χ2n) is 7.52. The van der Waals surface area contributed by atoms with Gasteiger partial charge < -0.3 is 14.7 Å². The Balaban J connectivity index is 1.81. The molecule has 2 fully saturated rings. The molecule has 2 heterocycles. The molecule has 2 saturated heterocycles. The molecule has 4 unspecified atom stereocenters. The fourth-order valence-corrected chi connectivity index (χ4v) is 5.52. The van der Waals surface area contributed by atoms with Crippen LogP contribution in [0.4, 0.5) is 0 Å². The third-order valence-electron chi connectivity index (χ3n) is 6.08. The predicted molar refractivity (Wildman–Crippen MR) is 94.8 cm³/mol. The number of hydrogen-bond acceptors (Lipinski definition) is 6. The molecule has 2 aliphatic heterocycles. The van der Waals surface area contributed by atoms with E-state index in [0.29, 0.717) is 13.0 Å². The number of aliphatic hydroxyl groups excluding tert-OH is 1. The normalized spacial score (nSPS) is 33.3. The van der Waals surface area contributed by atoms with Gasteiger partial charge in [0.1, 0.15) is 0 Å². The molecule has 0 aromatic heterocycles. The van der Waals surface area contributed by atoms with Crippen molar-refractivity contribution < 1.29 is 18.7 Å². The number of carbonyl (C=O) groups excluding carboxylic acids is 1. The smallest absolute Gasteiger partial charge is 0.208 e. The number of fused-ring (bicyclic) bond motifs is 1. The Morgan fingerprint density at radius 3 is 2.84 bits per heavy atom. The van der Waals surface area contributed by atoms with Gasteiger partial charge in [0.05, 0.1) is 6.10 Å². The molecule has 0 amide bonds. The standard InChI is InChI=1S/C18H30N2O4S/c1-2-14(18(22)25(23)24)15-9-11-20(17-8-4-3-7-16(15)17)19-10-5-6-13(21)12-19/h8,13-16,21H,2-7,9-12H2,1H3,(H,23,24)/p-1/t13-,14?,15?,16?/m1/s1. The van der Waals surface area contributed by atoms with Crippen molar-refractivity contribution in [2.45, 2.75) is 58.0 Å². The summed E-state index contributed by atoms with van der Waals surface area (Å²) in [5, 5.41) is 14.0. The van der Waals surface area contributed by atoms with Crippen LogP contribution in [-0.2, 0) is 15.9 Å². The third kappa shape index (κ3) is 3.99. The number of piperidine rings is 2. The lowest BCUT2D eigenvalue weighted by molar-refractivity contribution is -0.120. The molecule has 1 aliphatic carbocycles.